The zero-order valence-electron chi connectivity index (χ0n) is 11.0. The lowest BCUT2D eigenvalue weighted by Gasteiger charge is -2.06. The summed E-state index contributed by atoms with van der Waals surface area (Å²) in [5.41, 5.74) is 1.44. The monoisotopic (exact) mass is 261 g/mol. The van der Waals surface area contributed by atoms with Crippen LogP contribution in [-0.2, 0) is 11.8 Å². The summed E-state index contributed by atoms with van der Waals surface area (Å²) in [5, 5.41) is 7.14. The predicted molar refractivity (Wildman–Crippen MR) is 69.7 cm³/mol. The number of rotatable bonds is 4. The van der Waals surface area contributed by atoms with Crippen LogP contribution in [0, 0.1) is 0 Å². The van der Waals surface area contributed by atoms with E-state index in [-0.39, 0.29) is 5.82 Å². The van der Waals surface area contributed by atoms with Gasteiger partial charge in [0.2, 0.25) is 5.82 Å². The van der Waals surface area contributed by atoms with E-state index in [1.54, 1.807) is 16.9 Å². The van der Waals surface area contributed by atoms with Gasteiger partial charge in [0.1, 0.15) is 5.82 Å². The molecule has 2 aromatic heterocycles. The van der Waals surface area contributed by atoms with E-state index in [1.165, 1.54) is 7.11 Å². The molecule has 0 aliphatic carbocycles. The minimum Gasteiger partial charge on any atom is -0.463 e. The van der Waals surface area contributed by atoms with Crippen molar-refractivity contribution in [3.8, 4) is 11.3 Å². The van der Waals surface area contributed by atoms with E-state index in [9.17, 15) is 4.79 Å². The van der Waals surface area contributed by atoms with Gasteiger partial charge in [-0.2, -0.15) is 5.10 Å². The Morgan fingerprint density at radius 2 is 2.26 bits per heavy atom. The largest absolute Gasteiger partial charge is 0.463 e. The number of carbonyl (C=O) groups excluding carboxylic acids is 1. The molecule has 0 aromatic carbocycles. The first kappa shape index (κ1) is 13.0. The average Bonchev–Trinajstić information content (AvgIpc) is 2.84. The van der Waals surface area contributed by atoms with Gasteiger partial charge in [0.15, 0.2) is 0 Å². The van der Waals surface area contributed by atoms with Gasteiger partial charge >= 0.3 is 5.97 Å². The van der Waals surface area contributed by atoms with Crippen molar-refractivity contribution in [2.45, 2.75) is 6.92 Å². The second kappa shape index (κ2) is 5.47. The predicted octanol–water partition coefficient (Wildman–Crippen LogP) is 1.10. The Kier molecular flexibility index (Phi) is 3.74. The van der Waals surface area contributed by atoms with Gasteiger partial charge < -0.3 is 10.1 Å². The summed E-state index contributed by atoms with van der Waals surface area (Å²) < 4.78 is 6.32. The van der Waals surface area contributed by atoms with Crippen molar-refractivity contribution in [3.63, 3.8) is 0 Å². The molecule has 1 N–H and O–H groups in total. The molecule has 2 heterocycles. The molecule has 0 bridgehead atoms. The Morgan fingerprint density at radius 1 is 1.47 bits per heavy atom. The van der Waals surface area contributed by atoms with Crippen LogP contribution in [0.1, 0.15) is 17.5 Å². The van der Waals surface area contributed by atoms with E-state index in [2.05, 4.69) is 25.1 Å². The number of methoxy groups -OCH3 is 1. The number of anilines is 1. The van der Waals surface area contributed by atoms with E-state index in [0.717, 1.165) is 5.56 Å². The first-order valence-electron chi connectivity index (χ1n) is 5.84. The third-order valence-electron chi connectivity index (χ3n) is 2.45. The molecule has 0 fully saturated rings. The third-order valence-corrected chi connectivity index (χ3v) is 2.45. The summed E-state index contributed by atoms with van der Waals surface area (Å²) in [6.07, 6.45) is 3.50. The number of esters is 1. The topological polar surface area (TPSA) is 81.9 Å². The van der Waals surface area contributed by atoms with Gasteiger partial charge in [-0.3, -0.25) is 4.68 Å². The van der Waals surface area contributed by atoms with E-state index in [1.807, 2.05) is 20.2 Å². The molecule has 2 rings (SSSR count). The molecule has 7 nitrogen and oxygen atoms in total. The maximum atomic E-state index is 11.6. The molecular weight excluding hydrogens is 246 g/mol. The molecule has 0 spiro atoms. The SMILES string of the molecule is CCNc1cc(-c2cnn(C)c2)nc(C(=O)OC)n1. The molecule has 0 radical (unpaired) electrons. The molecule has 0 unspecified atom stereocenters. The normalized spacial score (nSPS) is 10.3. The highest BCUT2D eigenvalue weighted by Gasteiger charge is 2.14. The molecular formula is C12H15N5O2. The highest BCUT2D eigenvalue weighted by molar-refractivity contribution is 5.86. The van der Waals surface area contributed by atoms with Crippen LogP contribution in [-0.4, -0.2) is 39.4 Å². The average molecular weight is 261 g/mol. The van der Waals surface area contributed by atoms with Crippen LogP contribution >= 0.6 is 0 Å². The number of ether oxygens (including phenoxy) is 1. The second-order valence-electron chi connectivity index (χ2n) is 3.89. The minimum absolute atomic E-state index is 0.0276. The van der Waals surface area contributed by atoms with Gasteiger partial charge in [-0.15, -0.1) is 0 Å². The molecule has 0 aliphatic heterocycles. The molecule has 19 heavy (non-hydrogen) atoms. The van der Waals surface area contributed by atoms with Crippen LogP contribution in [0.15, 0.2) is 18.5 Å². The summed E-state index contributed by atoms with van der Waals surface area (Å²) in [7, 11) is 3.12. The van der Waals surface area contributed by atoms with Crippen LogP contribution in [0.4, 0.5) is 5.82 Å². The van der Waals surface area contributed by atoms with Gasteiger partial charge in [0.25, 0.3) is 0 Å². The molecule has 0 amide bonds. The van der Waals surface area contributed by atoms with Crippen molar-refractivity contribution in [3.05, 3.63) is 24.3 Å². The number of aromatic nitrogens is 4. The fourth-order valence-electron chi connectivity index (χ4n) is 1.60. The van der Waals surface area contributed by atoms with Gasteiger partial charge in [-0.25, -0.2) is 14.8 Å². The van der Waals surface area contributed by atoms with Crippen LogP contribution < -0.4 is 5.32 Å². The van der Waals surface area contributed by atoms with E-state index in [4.69, 9.17) is 0 Å². The summed E-state index contributed by atoms with van der Waals surface area (Å²) in [6, 6.07) is 1.77. The summed E-state index contributed by atoms with van der Waals surface area (Å²) in [5.74, 6) is 0.0430. The molecule has 0 saturated carbocycles. The Labute approximate surface area is 110 Å². The summed E-state index contributed by atoms with van der Waals surface area (Å²) in [4.78, 5) is 19.9. The molecule has 0 saturated heterocycles. The molecule has 100 valence electrons. The fourth-order valence-corrected chi connectivity index (χ4v) is 1.60. The van der Waals surface area contributed by atoms with E-state index >= 15 is 0 Å². The van der Waals surface area contributed by atoms with Crippen molar-refractivity contribution in [2.24, 2.45) is 7.05 Å². The summed E-state index contributed by atoms with van der Waals surface area (Å²) in [6.45, 7) is 2.65. The molecule has 0 aliphatic rings. The first-order valence-corrected chi connectivity index (χ1v) is 5.84. The highest BCUT2D eigenvalue weighted by Crippen LogP contribution is 2.19. The number of hydrogen-bond donors (Lipinski definition) is 1. The zero-order chi connectivity index (χ0) is 13.8. The number of carbonyl (C=O) groups is 1. The Bertz CT molecular complexity index is 594. The van der Waals surface area contributed by atoms with E-state index < -0.39 is 5.97 Å². The van der Waals surface area contributed by atoms with Crippen LogP contribution in [0.2, 0.25) is 0 Å². The smallest absolute Gasteiger partial charge is 0.376 e. The first-order chi connectivity index (χ1) is 9.13. The van der Waals surface area contributed by atoms with Crippen LogP contribution in [0.3, 0.4) is 0 Å². The van der Waals surface area contributed by atoms with Crippen LogP contribution in [0.5, 0.6) is 0 Å². The number of hydrogen-bond acceptors (Lipinski definition) is 6. The lowest BCUT2D eigenvalue weighted by Crippen LogP contribution is -2.11. The maximum Gasteiger partial charge on any atom is 0.376 e. The van der Waals surface area contributed by atoms with Crippen molar-refractivity contribution in [1.29, 1.82) is 0 Å². The lowest BCUT2D eigenvalue weighted by molar-refractivity contribution is 0.0587. The molecule has 0 atom stereocenters. The maximum absolute atomic E-state index is 11.6. The number of nitrogens with zero attached hydrogens (tertiary/aromatic N) is 4. The van der Waals surface area contributed by atoms with Crippen molar-refractivity contribution < 1.29 is 9.53 Å². The minimum atomic E-state index is -0.565. The van der Waals surface area contributed by atoms with Gasteiger partial charge in [0.05, 0.1) is 19.0 Å². The Balaban J connectivity index is 2.47. The van der Waals surface area contributed by atoms with Crippen molar-refractivity contribution in [1.82, 2.24) is 19.7 Å². The molecule has 2 aromatic rings. The highest BCUT2D eigenvalue weighted by atomic mass is 16.5. The Hall–Kier alpha value is -2.44. The zero-order valence-corrected chi connectivity index (χ0v) is 11.0. The van der Waals surface area contributed by atoms with Crippen molar-refractivity contribution in [2.75, 3.05) is 19.0 Å². The third kappa shape index (κ3) is 2.87. The quantitative estimate of drug-likeness (QED) is 0.830. The number of aryl methyl sites for hydroxylation is 1. The fraction of sp³-hybridized carbons (Fsp3) is 0.333. The lowest BCUT2D eigenvalue weighted by atomic mass is 10.2. The van der Waals surface area contributed by atoms with Gasteiger partial charge in [-0.05, 0) is 6.92 Å². The molecule has 7 heteroatoms. The Morgan fingerprint density at radius 3 is 2.84 bits per heavy atom. The standard InChI is InChI=1S/C12H15N5O2/c1-4-13-10-5-9(8-6-14-17(2)7-8)15-11(16-10)12(18)19-3/h5-7H,4H2,1-3H3,(H,13,15,16). The van der Waals surface area contributed by atoms with E-state index in [0.29, 0.717) is 18.1 Å². The second-order valence-corrected chi connectivity index (χ2v) is 3.89. The number of nitrogens with one attached hydrogen (secondary N) is 1. The van der Waals surface area contributed by atoms with Crippen LogP contribution in [0.25, 0.3) is 11.3 Å². The van der Waals surface area contributed by atoms with Gasteiger partial charge in [-0.1, -0.05) is 0 Å². The van der Waals surface area contributed by atoms with Crippen molar-refractivity contribution >= 4 is 11.8 Å². The van der Waals surface area contributed by atoms with Gasteiger partial charge in [0, 0.05) is 31.4 Å². The summed E-state index contributed by atoms with van der Waals surface area (Å²) >= 11 is 0.